The van der Waals surface area contributed by atoms with Gasteiger partial charge in [0.2, 0.25) is 11.9 Å². The largest absolute Gasteiger partial charge is 0.352 e. The number of nitrogens with zero attached hydrogens (tertiary/aromatic N) is 5. The Bertz CT molecular complexity index is 596. The summed E-state index contributed by atoms with van der Waals surface area (Å²) in [6, 6.07) is 9.69. The van der Waals surface area contributed by atoms with E-state index in [1.165, 1.54) is 0 Å². The van der Waals surface area contributed by atoms with Gasteiger partial charge in [-0.25, -0.2) is 0 Å². The first-order chi connectivity index (χ1) is 9.74. The van der Waals surface area contributed by atoms with E-state index in [1.54, 1.807) is 9.58 Å². The second kappa shape index (κ2) is 5.28. The van der Waals surface area contributed by atoms with E-state index in [4.69, 9.17) is 0 Å². The summed E-state index contributed by atoms with van der Waals surface area (Å²) in [5.41, 5.74) is 0.902. The monoisotopic (exact) mass is 272 g/mol. The van der Waals surface area contributed by atoms with Gasteiger partial charge in [0.1, 0.15) is 0 Å². The smallest absolute Gasteiger partial charge is 0.247 e. The van der Waals surface area contributed by atoms with Gasteiger partial charge in [-0.3, -0.25) is 4.79 Å². The lowest BCUT2D eigenvalue weighted by Gasteiger charge is -2.11. The van der Waals surface area contributed by atoms with E-state index in [0.717, 1.165) is 12.2 Å². The molecule has 1 saturated heterocycles. The van der Waals surface area contributed by atoms with Crippen molar-refractivity contribution in [2.45, 2.75) is 6.42 Å². The van der Waals surface area contributed by atoms with Crippen LogP contribution in [0.5, 0.6) is 0 Å². The summed E-state index contributed by atoms with van der Waals surface area (Å²) in [4.78, 5) is 13.2. The summed E-state index contributed by atoms with van der Waals surface area (Å²) < 4.78 is 1.65. The number of amides is 1. The van der Waals surface area contributed by atoms with E-state index < -0.39 is 0 Å². The van der Waals surface area contributed by atoms with Crippen LogP contribution in [0.3, 0.4) is 0 Å². The van der Waals surface area contributed by atoms with Crippen LogP contribution >= 0.6 is 0 Å². The van der Waals surface area contributed by atoms with Crippen LogP contribution in [-0.4, -0.2) is 51.2 Å². The molecule has 1 aliphatic rings. The van der Waals surface area contributed by atoms with Gasteiger partial charge in [0.05, 0.1) is 5.69 Å². The first-order valence-corrected chi connectivity index (χ1v) is 6.55. The van der Waals surface area contributed by atoms with Crippen LogP contribution in [0.4, 0.5) is 5.95 Å². The fraction of sp³-hybridized carbons (Fsp3) is 0.385. The number of aromatic nitrogens is 4. The number of likely N-dealkylation sites (tertiary alicyclic amines) is 1. The van der Waals surface area contributed by atoms with Gasteiger partial charge in [0, 0.05) is 32.5 Å². The van der Waals surface area contributed by atoms with Crippen molar-refractivity contribution >= 4 is 11.9 Å². The molecule has 1 atom stereocenters. The fourth-order valence-corrected chi connectivity index (χ4v) is 2.37. The molecule has 1 unspecified atom stereocenters. The highest BCUT2D eigenvalue weighted by atomic mass is 16.2. The molecule has 7 heteroatoms. The molecule has 0 aliphatic carbocycles. The highest BCUT2D eigenvalue weighted by Crippen LogP contribution is 2.17. The number of carbonyl (C=O) groups excluding carboxylic acids is 1. The molecule has 0 bridgehead atoms. The van der Waals surface area contributed by atoms with E-state index in [9.17, 15) is 4.79 Å². The molecule has 0 spiro atoms. The molecule has 1 aromatic heterocycles. The Hall–Kier alpha value is -2.44. The molecule has 1 N–H and O–H groups in total. The Morgan fingerprint density at radius 1 is 1.35 bits per heavy atom. The van der Waals surface area contributed by atoms with Crippen LogP contribution < -0.4 is 5.32 Å². The summed E-state index contributed by atoms with van der Waals surface area (Å²) in [6.45, 7) is 1.46. The number of benzene rings is 1. The van der Waals surface area contributed by atoms with Gasteiger partial charge in [0.15, 0.2) is 0 Å². The molecule has 0 saturated carbocycles. The lowest BCUT2D eigenvalue weighted by atomic mass is 10.1. The lowest BCUT2D eigenvalue weighted by Crippen LogP contribution is -2.21. The molecule has 1 amide bonds. The molecule has 1 aromatic carbocycles. The molecule has 1 aliphatic heterocycles. The Labute approximate surface area is 116 Å². The zero-order valence-electron chi connectivity index (χ0n) is 11.2. The highest BCUT2D eigenvalue weighted by molar-refractivity contribution is 5.78. The van der Waals surface area contributed by atoms with E-state index in [0.29, 0.717) is 24.8 Å². The summed E-state index contributed by atoms with van der Waals surface area (Å²) in [5, 5.41) is 14.9. The number of anilines is 1. The van der Waals surface area contributed by atoms with Gasteiger partial charge in [0.25, 0.3) is 0 Å². The van der Waals surface area contributed by atoms with Crippen molar-refractivity contribution in [3.63, 3.8) is 0 Å². The topological polar surface area (TPSA) is 75.9 Å². The maximum absolute atomic E-state index is 11.5. The summed E-state index contributed by atoms with van der Waals surface area (Å²) in [5.74, 6) is 1.09. The number of tetrazole rings is 1. The van der Waals surface area contributed by atoms with Crippen molar-refractivity contribution in [1.29, 1.82) is 0 Å². The van der Waals surface area contributed by atoms with E-state index in [-0.39, 0.29) is 5.91 Å². The molecule has 2 aromatic rings. The van der Waals surface area contributed by atoms with Gasteiger partial charge in [-0.15, -0.1) is 0 Å². The molecule has 104 valence electrons. The second-order valence-electron chi connectivity index (χ2n) is 4.98. The zero-order chi connectivity index (χ0) is 13.9. The SMILES string of the molecule is CN1CC(CNc2nnnn2-c2ccccc2)CC1=O. The van der Waals surface area contributed by atoms with Crippen LogP contribution in [-0.2, 0) is 4.79 Å². The molecule has 3 rings (SSSR count). The van der Waals surface area contributed by atoms with Crippen LogP contribution in [0.15, 0.2) is 30.3 Å². The van der Waals surface area contributed by atoms with Crippen molar-refractivity contribution < 1.29 is 4.79 Å². The summed E-state index contributed by atoms with van der Waals surface area (Å²) >= 11 is 0. The van der Waals surface area contributed by atoms with Crippen LogP contribution in [0, 0.1) is 5.92 Å². The van der Waals surface area contributed by atoms with Crippen molar-refractivity contribution in [3.05, 3.63) is 30.3 Å². The minimum atomic E-state index is 0.194. The Balaban J connectivity index is 1.68. The fourth-order valence-electron chi connectivity index (χ4n) is 2.37. The number of hydrogen-bond donors (Lipinski definition) is 1. The molecule has 2 heterocycles. The van der Waals surface area contributed by atoms with Crippen molar-refractivity contribution in [3.8, 4) is 5.69 Å². The molecular weight excluding hydrogens is 256 g/mol. The lowest BCUT2D eigenvalue weighted by molar-refractivity contribution is -0.126. The third-order valence-corrected chi connectivity index (χ3v) is 3.44. The molecule has 1 fully saturated rings. The first kappa shape index (κ1) is 12.6. The number of para-hydroxylation sites is 1. The number of rotatable bonds is 4. The minimum Gasteiger partial charge on any atom is -0.352 e. The average molecular weight is 272 g/mol. The number of nitrogens with one attached hydrogen (secondary N) is 1. The first-order valence-electron chi connectivity index (χ1n) is 6.55. The maximum atomic E-state index is 11.5. The molecule has 20 heavy (non-hydrogen) atoms. The number of hydrogen-bond acceptors (Lipinski definition) is 5. The predicted molar refractivity (Wildman–Crippen MR) is 73.4 cm³/mol. The Kier molecular flexibility index (Phi) is 3.32. The van der Waals surface area contributed by atoms with E-state index in [2.05, 4.69) is 20.8 Å². The quantitative estimate of drug-likeness (QED) is 0.879. The van der Waals surface area contributed by atoms with Gasteiger partial charge < -0.3 is 10.2 Å². The van der Waals surface area contributed by atoms with Crippen molar-refractivity contribution in [1.82, 2.24) is 25.1 Å². The number of carbonyl (C=O) groups is 1. The van der Waals surface area contributed by atoms with E-state index in [1.807, 2.05) is 37.4 Å². The van der Waals surface area contributed by atoms with Crippen molar-refractivity contribution in [2.75, 3.05) is 25.5 Å². The second-order valence-corrected chi connectivity index (χ2v) is 4.98. The Morgan fingerprint density at radius 2 is 2.15 bits per heavy atom. The molecule has 7 nitrogen and oxygen atoms in total. The normalized spacial score (nSPS) is 18.6. The summed E-state index contributed by atoms with van der Waals surface area (Å²) in [6.07, 6.45) is 0.580. The maximum Gasteiger partial charge on any atom is 0.247 e. The van der Waals surface area contributed by atoms with E-state index >= 15 is 0 Å². The van der Waals surface area contributed by atoms with Crippen LogP contribution in [0.25, 0.3) is 5.69 Å². The Morgan fingerprint density at radius 3 is 2.85 bits per heavy atom. The summed E-state index contributed by atoms with van der Waals surface area (Å²) in [7, 11) is 1.83. The third kappa shape index (κ3) is 2.47. The molecular formula is C13H16N6O. The van der Waals surface area contributed by atoms with Gasteiger partial charge in [-0.1, -0.05) is 23.3 Å². The van der Waals surface area contributed by atoms with Gasteiger partial charge in [-0.2, -0.15) is 4.68 Å². The van der Waals surface area contributed by atoms with Gasteiger partial charge >= 0.3 is 0 Å². The standard InChI is InChI=1S/C13H16N6O/c1-18-9-10(7-12(18)20)8-14-13-15-16-17-19(13)11-5-3-2-4-6-11/h2-6,10H,7-9H2,1H3,(H,14,15,17). The van der Waals surface area contributed by atoms with Crippen LogP contribution in [0.2, 0.25) is 0 Å². The van der Waals surface area contributed by atoms with Gasteiger partial charge in [-0.05, 0) is 22.6 Å². The zero-order valence-corrected chi connectivity index (χ0v) is 11.2. The average Bonchev–Trinajstić information content (AvgIpc) is 3.05. The minimum absolute atomic E-state index is 0.194. The van der Waals surface area contributed by atoms with Crippen LogP contribution in [0.1, 0.15) is 6.42 Å². The van der Waals surface area contributed by atoms with Crippen molar-refractivity contribution in [2.24, 2.45) is 5.92 Å². The molecule has 0 radical (unpaired) electrons. The predicted octanol–water partition coefficient (Wildman–Crippen LogP) is 0.552. The third-order valence-electron chi connectivity index (χ3n) is 3.44. The highest BCUT2D eigenvalue weighted by Gasteiger charge is 2.26.